The van der Waals surface area contributed by atoms with E-state index in [-0.39, 0.29) is 11.5 Å². The molecule has 0 aliphatic carbocycles. The lowest BCUT2D eigenvalue weighted by Gasteiger charge is -2.12. The summed E-state index contributed by atoms with van der Waals surface area (Å²) in [6, 6.07) is 5.27. The summed E-state index contributed by atoms with van der Waals surface area (Å²) >= 11 is 0. The van der Waals surface area contributed by atoms with Gasteiger partial charge < -0.3 is 14.6 Å². The summed E-state index contributed by atoms with van der Waals surface area (Å²) in [5.74, 6) is -0.379. The number of aryl methyl sites for hydroxylation is 2. The van der Waals surface area contributed by atoms with Crippen molar-refractivity contribution in [1.29, 1.82) is 0 Å². The normalized spacial score (nSPS) is 11.0. The third-order valence-corrected chi connectivity index (χ3v) is 4.53. The fraction of sp³-hybridized carbons (Fsp3) is 0.333. The van der Waals surface area contributed by atoms with Gasteiger partial charge in [-0.2, -0.15) is 0 Å². The van der Waals surface area contributed by atoms with Crippen LogP contribution in [-0.2, 0) is 25.4 Å². The number of benzene rings is 1. The van der Waals surface area contributed by atoms with E-state index in [1.807, 2.05) is 13.0 Å². The predicted molar refractivity (Wildman–Crippen MR) is 101 cm³/mol. The van der Waals surface area contributed by atoms with Gasteiger partial charge >= 0.3 is 11.7 Å². The monoisotopic (exact) mass is 371 g/mol. The molecule has 2 heterocycles. The van der Waals surface area contributed by atoms with Gasteiger partial charge in [-0.15, -0.1) is 0 Å². The van der Waals surface area contributed by atoms with Crippen LogP contribution in [0.5, 0.6) is 0 Å². The van der Waals surface area contributed by atoms with Crippen molar-refractivity contribution >= 4 is 22.8 Å². The van der Waals surface area contributed by atoms with Crippen molar-refractivity contribution in [2.24, 2.45) is 14.1 Å². The fourth-order valence-electron chi connectivity index (χ4n) is 2.98. The zero-order valence-electron chi connectivity index (χ0n) is 15.6. The number of hydrogen-bond donors (Lipinski definition) is 1. The molecule has 3 rings (SSSR count). The molecule has 3 aromatic rings. The first-order chi connectivity index (χ1) is 12.8. The van der Waals surface area contributed by atoms with Crippen molar-refractivity contribution in [3.63, 3.8) is 0 Å². The van der Waals surface area contributed by atoms with Crippen LogP contribution in [0, 0.1) is 6.92 Å². The molecule has 0 unspecified atom stereocenters. The molecule has 9 nitrogen and oxygen atoms in total. The Kier molecular flexibility index (Phi) is 4.85. The summed E-state index contributed by atoms with van der Waals surface area (Å²) < 4.78 is 8.87. The molecular weight excluding hydrogens is 350 g/mol. The zero-order chi connectivity index (χ0) is 19.7. The number of rotatable bonds is 5. The first-order valence-corrected chi connectivity index (χ1v) is 8.39. The number of esters is 1. The highest BCUT2D eigenvalue weighted by molar-refractivity contribution is 5.90. The molecule has 0 saturated heterocycles. The van der Waals surface area contributed by atoms with Gasteiger partial charge in [-0.1, -0.05) is 0 Å². The van der Waals surface area contributed by atoms with Gasteiger partial charge in [0, 0.05) is 32.9 Å². The average molecular weight is 371 g/mol. The summed E-state index contributed by atoms with van der Waals surface area (Å²) in [6.07, 6.45) is 1.56. The summed E-state index contributed by atoms with van der Waals surface area (Å²) in [5, 5.41) is 3.28. The molecule has 2 aromatic heterocycles. The minimum absolute atomic E-state index is 0.363. The van der Waals surface area contributed by atoms with Gasteiger partial charge in [-0.3, -0.25) is 13.9 Å². The first kappa shape index (κ1) is 18.4. The van der Waals surface area contributed by atoms with Crippen LogP contribution in [0.1, 0.15) is 15.9 Å². The number of aromatic nitrogens is 4. The number of nitrogens with zero attached hydrogens (tertiary/aromatic N) is 4. The number of anilines is 1. The van der Waals surface area contributed by atoms with Gasteiger partial charge in [-0.25, -0.2) is 14.6 Å². The number of ether oxygens (including phenoxy) is 1. The Labute approximate surface area is 154 Å². The molecule has 0 atom stereocenters. The molecule has 27 heavy (non-hydrogen) atoms. The second kappa shape index (κ2) is 7.10. The van der Waals surface area contributed by atoms with Gasteiger partial charge in [0.15, 0.2) is 11.2 Å². The van der Waals surface area contributed by atoms with Crippen molar-refractivity contribution in [2.45, 2.75) is 13.5 Å². The van der Waals surface area contributed by atoms with E-state index < -0.39 is 5.69 Å². The Hall–Kier alpha value is -3.36. The lowest BCUT2D eigenvalue weighted by Crippen LogP contribution is -2.37. The van der Waals surface area contributed by atoms with Crippen molar-refractivity contribution in [3.8, 4) is 0 Å². The maximum absolute atomic E-state index is 12.4. The maximum atomic E-state index is 12.4. The molecule has 1 aromatic carbocycles. The van der Waals surface area contributed by atoms with Crippen LogP contribution in [0.3, 0.4) is 0 Å². The summed E-state index contributed by atoms with van der Waals surface area (Å²) in [4.78, 5) is 40.2. The second-order valence-corrected chi connectivity index (χ2v) is 6.26. The highest BCUT2D eigenvalue weighted by Crippen LogP contribution is 2.17. The molecule has 0 saturated carbocycles. The molecular formula is C18H21N5O4. The van der Waals surface area contributed by atoms with E-state index in [0.29, 0.717) is 29.8 Å². The highest BCUT2D eigenvalue weighted by atomic mass is 16.5. The van der Waals surface area contributed by atoms with Crippen LogP contribution in [-0.4, -0.2) is 38.3 Å². The van der Waals surface area contributed by atoms with Crippen molar-refractivity contribution in [2.75, 3.05) is 19.0 Å². The van der Waals surface area contributed by atoms with Crippen LogP contribution in [0.15, 0.2) is 34.1 Å². The predicted octanol–water partition coefficient (Wildman–Crippen LogP) is 0.641. The summed E-state index contributed by atoms with van der Waals surface area (Å²) in [7, 11) is 4.39. The number of hydrogen-bond acceptors (Lipinski definition) is 6. The van der Waals surface area contributed by atoms with Gasteiger partial charge in [0.2, 0.25) is 0 Å². The number of nitrogens with one attached hydrogen (secondary N) is 1. The van der Waals surface area contributed by atoms with E-state index in [1.54, 1.807) is 30.1 Å². The van der Waals surface area contributed by atoms with Crippen LogP contribution in [0.25, 0.3) is 11.2 Å². The minimum Gasteiger partial charge on any atom is -0.465 e. The number of fused-ring (bicyclic) bond motifs is 1. The van der Waals surface area contributed by atoms with Crippen LogP contribution in [0.2, 0.25) is 0 Å². The van der Waals surface area contributed by atoms with E-state index in [2.05, 4.69) is 10.3 Å². The number of carbonyl (C=O) groups excluding carboxylic acids is 1. The lowest BCUT2D eigenvalue weighted by molar-refractivity contribution is 0.0600. The molecule has 0 bridgehead atoms. The van der Waals surface area contributed by atoms with E-state index in [1.165, 1.54) is 18.7 Å². The standard InChI is InChI=1S/C18H21N5O4/c1-11-9-12(17(25)27-4)5-6-13(11)19-7-8-23-10-20-15-14(23)16(24)22(3)18(26)21(15)2/h5-6,9-10,19H,7-8H2,1-4H3. The third kappa shape index (κ3) is 3.23. The quantitative estimate of drug-likeness (QED) is 0.661. The van der Waals surface area contributed by atoms with Gasteiger partial charge in [0.1, 0.15) is 0 Å². The van der Waals surface area contributed by atoms with Crippen LogP contribution in [0.4, 0.5) is 5.69 Å². The Morgan fingerprint density at radius 3 is 2.63 bits per heavy atom. The first-order valence-electron chi connectivity index (χ1n) is 8.39. The Bertz CT molecular complexity index is 1140. The second-order valence-electron chi connectivity index (χ2n) is 6.26. The molecule has 1 N–H and O–H groups in total. The van der Waals surface area contributed by atoms with Crippen molar-refractivity contribution in [3.05, 3.63) is 56.5 Å². The molecule has 142 valence electrons. The third-order valence-electron chi connectivity index (χ3n) is 4.53. The molecule has 0 spiro atoms. The lowest BCUT2D eigenvalue weighted by atomic mass is 10.1. The Balaban J connectivity index is 1.80. The molecule has 0 aliphatic heterocycles. The minimum atomic E-state index is -0.405. The molecule has 0 amide bonds. The summed E-state index contributed by atoms with van der Waals surface area (Å²) in [5.41, 5.74) is 2.26. The Morgan fingerprint density at radius 2 is 1.96 bits per heavy atom. The SMILES string of the molecule is COC(=O)c1ccc(NCCn2cnc3c2c(=O)n(C)c(=O)n3C)c(C)c1. The zero-order valence-corrected chi connectivity index (χ0v) is 15.6. The van der Waals surface area contributed by atoms with E-state index in [0.717, 1.165) is 15.8 Å². The van der Waals surface area contributed by atoms with Crippen molar-refractivity contribution < 1.29 is 9.53 Å². The maximum Gasteiger partial charge on any atom is 0.337 e. The van der Waals surface area contributed by atoms with Crippen LogP contribution >= 0.6 is 0 Å². The smallest absolute Gasteiger partial charge is 0.337 e. The van der Waals surface area contributed by atoms with Crippen molar-refractivity contribution in [1.82, 2.24) is 18.7 Å². The van der Waals surface area contributed by atoms with Gasteiger partial charge in [0.25, 0.3) is 5.56 Å². The molecule has 0 aliphatic rings. The average Bonchev–Trinajstić information content (AvgIpc) is 3.09. The highest BCUT2D eigenvalue weighted by Gasteiger charge is 2.14. The Morgan fingerprint density at radius 1 is 1.22 bits per heavy atom. The number of carbonyl (C=O) groups is 1. The number of methoxy groups -OCH3 is 1. The van der Waals surface area contributed by atoms with E-state index in [9.17, 15) is 14.4 Å². The van der Waals surface area contributed by atoms with Gasteiger partial charge in [0.05, 0.1) is 19.0 Å². The molecule has 0 radical (unpaired) electrons. The van der Waals surface area contributed by atoms with Crippen LogP contribution < -0.4 is 16.6 Å². The van der Waals surface area contributed by atoms with E-state index >= 15 is 0 Å². The fourth-order valence-corrected chi connectivity index (χ4v) is 2.98. The topological polar surface area (TPSA) is 100 Å². The largest absolute Gasteiger partial charge is 0.465 e. The summed E-state index contributed by atoms with van der Waals surface area (Å²) in [6.45, 7) is 2.92. The van der Waals surface area contributed by atoms with Gasteiger partial charge in [-0.05, 0) is 30.7 Å². The molecule has 9 heteroatoms. The number of imidazole rings is 1. The van der Waals surface area contributed by atoms with E-state index in [4.69, 9.17) is 4.74 Å². The molecule has 0 fully saturated rings.